The summed E-state index contributed by atoms with van der Waals surface area (Å²) in [4.78, 5) is 0. The monoisotopic (exact) mass is 580 g/mol. The molecule has 0 aromatic carbocycles. The Balaban J connectivity index is 0. The second-order valence-corrected chi connectivity index (χ2v) is 12.6. The first-order valence-corrected chi connectivity index (χ1v) is 18.1. The molecule has 0 heterocycles. The van der Waals surface area contributed by atoms with Gasteiger partial charge in [-0.1, -0.05) is 180 Å². The van der Waals surface area contributed by atoms with Gasteiger partial charge >= 0.3 is 29.6 Å². The Morgan fingerprint density at radius 2 is 0.897 bits per heavy atom. The van der Waals surface area contributed by atoms with E-state index in [4.69, 9.17) is 0 Å². The van der Waals surface area contributed by atoms with Gasteiger partial charge in [0.05, 0.1) is 6.61 Å². The minimum Gasteiger partial charge on any atom is -0.726 e. The van der Waals surface area contributed by atoms with E-state index in [2.05, 4.69) is 30.2 Å². The van der Waals surface area contributed by atoms with Crippen LogP contribution in [0.3, 0.4) is 0 Å². The molecule has 0 bridgehead atoms. The van der Waals surface area contributed by atoms with Gasteiger partial charge in [-0.25, -0.2) is 8.42 Å². The maximum atomic E-state index is 10.9. The molecule has 0 fully saturated rings. The second-order valence-electron chi connectivity index (χ2n) is 11.6. The van der Waals surface area contributed by atoms with Gasteiger partial charge in [0.25, 0.3) is 0 Å². The average molecular weight is 581 g/mol. The van der Waals surface area contributed by atoms with Gasteiger partial charge in [0.1, 0.15) is 0 Å². The molecule has 0 N–H and O–H groups in total. The summed E-state index contributed by atoms with van der Waals surface area (Å²) in [7, 11) is -4.62. The Bertz CT molecular complexity index is 595. The fourth-order valence-electron chi connectivity index (χ4n) is 5.22. The number of hydrogen-bond acceptors (Lipinski definition) is 4. The van der Waals surface area contributed by atoms with Crippen LogP contribution < -0.4 is 29.6 Å². The van der Waals surface area contributed by atoms with Crippen molar-refractivity contribution in [3.05, 3.63) is 12.2 Å². The zero-order valence-corrected chi connectivity index (χ0v) is 29.4. The van der Waals surface area contributed by atoms with Gasteiger partial charge in [0.2, 0.25) is 10.4 Å². The van der Waals surface area contributed by atoms with E-state index in [1.807, 2.05) is 0 Å². The molecular weight excluding hydrogens is 515 g/mol. The molecule has 39 heavy (non-hydrogen) atoms. The van der Waals surface area contributed by atoms with Crippen molar-refractivity contribution < 1.29 is 46.7 Å². The van der Waals surface area contributed by atoms with Crippen molar-refractivity contribution in [2.75, 3.05) is 6.61 Å². The van der Waals surface area contributed by atoms with Gasteiger partial charge in [-0.15, -0.1) is 0 Å². The summed E-state index contributed by atoms with van der Waals surface area (Å²) in [5.74, 6) is 0.0179. The normalized spacial score (nSPS) is 12.7. The van der Waals surface area contributed by atoms with E-state index in [0.717, 1.165) is 19.3 Å². The molecule has 0 saturated carbocycles. The molecule has 6 heteroatoms. The van der Waals surface area contributed by atoms with E-state index in [-0.39, 0.29) is 42.1 Å². The Kier molecular flexibility index (Phi) is 35.4. The minimum atomic E-state index is -4.62. The predicted octanol–water partition coefficient (Wildman–Crippen LogP) is 8.21. The minimum absolute atomic E-state index is 0. The molecule has 0 rings (SSSR count). The van der Waals surface area contributed by atoms with Crippen molar-refractivity contribution in [1.29, 1.82) is 0 Å². The van der Waals surface area contributed by atoms with Crippen molar-refractivity contribution in [3.63, 3.8) is 0 Å². The van der Waals surface area contributed by atoms with E-state index in [0.29, 0.717) is 0 Å². The molecule has 0 radical (unpaired) electrons. The van der Waals surface area contributed by atoms with Crippen LogP contribution in [-0.4, -0.2) is 19.6 Å². The summed E-state index contributed by atoms with van der Waals surface area (Å²) in [5, 5.41) is 0. The summed E-state index contributed by atoms with van der Waals surface area (Å²) in [6.07, 6.45) is 39.6. The molecule has 1 atom stereocenters. The quantitative estimate of drug-likeness (QED) is 0.0272. The molecular formula is C33H65NaO4S. The van der Waals surface area contributed by atoms with E-state index in [1.165, 1.54) is 154 Å². The molecule has 0 spiro atoms. The summed E-state index contributed by atoms with van der Waals surface area (Å²) >= 11 is 0. The fourth-order valence-corrected chi connectivity index (χ4v) is 5.56. The predicted molar refractivity (Wildman–Crippen MR) is 164 cm³/mol. The van der Waals surface area contributed by atoms with Gasteiger partial charge in [-0.3, -0.25) is 4.18 Å². The maximum absolute atomic E-state index is 10.9. The first-order valence-electron chi connectivity index (χ1n) is 16.8. The number of allylic oxidation sites excluding steroid dienone is 1. The number of rotatable bonds is 31. The molecule has 4 nitrogen and oxygen atoms in total. The Morgan fingerprint density at radius 3 is 1.26 bits per heavy atom. The van der Waals surface area contributed by atoms with Crippen molar-refractivity contribution >= 4 is 10.4 Å². The molecule has 0 aromatic heterocycles. The van der Waals surface area contributed by atoms with Crippen LogP contribution in [0.15, 0.2) is 12.2 Å². The summed E-state index contributed by atoms with van der Waals surface area (Å²) in [6.45, 7) is 4.51. The topological polar surface area (TPSA) is 66.4 Å². The third kappa shape index (κ3) is 36.6. The standard InChI is InChI=1S/C33H66O4S.Na/c1-3-5-7-9-11-13-14-15-16-17-18-19-20-21-23-25-27-29-31-33(32-37-38(34,35)36)30-28-26-24-22-12-10-8-6-4-2;/h28,30,33H,3-27,29,31-32H2,1-2H3,(H,34,35,36);/q;+1/p-1/b30-28+;. The smallest absolute Gasteiger partial charge is 0.726 e. The molecule has 0 amide bonds. The summed E-state index contributed by atoms with van der Waals surface area (Å²) < 4.78 is 37.3. The van der Waals surface area contributed by atoms with Crippen molar-refractivity contribution in [1.82, 2.24) is 0 Å². The van der Waals surface area contributed by atoms with Crippen molar-refractivity contribution in [3.8, 4) is 0 Å². The first kappa shape index (κ1) is 41.7. The second kappa shape index (κ2) is 33.1. The number of unbranched alkanes of at least 4 members (excludes halogenated alkanes) is 24. The molecule has 0 aliphatic carbocycles. The molecule has 1 unspecified atom stereocenters. The maximum Gasteiger partial charge on any atom is 1.00 e. The molecule has 0 aliphatic heterocycles. The van der Waals surface area contributed by atoms with Crippen LogP contribution in [0.4, 0.5) is 0 Å². The van der Waals surface area contributed by atoms with Gasteiger partial charge in [0.15, 0.2) is 0 Å². The number of hydrogen-bond donors (Lipinski definition) is 0. The van der Waals surface area contributed by atoms with E-state index >= 15 is 0 Å². The van der Waals surface area contributed by atoms with Crippen LogP contribution >= 0.6 is 0 Å². The summed E-state index contributed by atoms with van der Waals surface area (Å²) in [5.41, 5.74) is 0. The fraction of sp³-hybridized carbons (Fsp3) is 0.939. The third-order valence-electron chi connectivity index (χ3n) is 7.74. The van der Waals surface area contributed by atoms with Gasteiger partial charge in [-0.05, 0) is 19.3 Å². The molecule has 228 valence electrons. The van der Waals surface area contributed by atoms with Crippen LogP contribution in [-0.2, 0) is 14.6 Å². The van der Waals surface area contributed by atoms with Crippen molar-refractivity contribution in [2.45, 2.75) is 187 Å². The Labute approximate surface area is 267 Å². The van der Waals surface area contributed by atoms with Crippen LogP contribution in [0, 0.1) is 5.92 Å². The first-order chi connectivity index (χ1) is 18.5. The van der Waals surface area contributed by atoms with Crippen LogP contribution in [0.1, 0.15) is 187 Å². The molecule has 0 aromatic rings. The van der Waals surface area contributed by atoms with Gasteiger partial charge < -0.3 is 4.55 Å². The van der Waals surface area contributed by atoms with Crippen LogP contribution in [0.5, 0.6) is 0 Å². The zero-order chi connectivity index (χ0) is 28.0. The Hall–Kier alpha value is 0.610. The van der Waals surface area contributed by atoms with E-state index in [1.54, 1.807) is 0 Å². The van der Waals surface area contributed by atoms with Crippen LogP contribution in [0.25, 0.3) is 0 Å². The van der Waals surface area contributed by atoms with E-state index < -0.39 is 10.4 Å². The van der Waals surface area contributed by atoms with E-state index in [9.17, 15) is 13.0 Å². The van der Waals surface area contributed by atoms with Gasteiger partial charge in [0, 0.05) is 5.92 Å². The van der Waals surface area contributed by atoms with Crippen molar-refractivity contribution in [2.24, 2.45) is 5.92 Å². The molecule has 0 aliphatic rings. The van der Waals surface area contributed by atoms with Crippen LogP contribution in [0.2, 0.25) is 0 Å². The SMILES string of the molecule is CCCCCCCCC/C=C/C(CCCCCCCCCCCCCCCCCCCC)COS(=O)(=O)[O-].[Na+]. The average Bonchev–Trinajstić information content (AvgIpc) is 2.89. The van der Waals surface area contributed by atoms with Gasteiger partial charge in [-0.2, -0.15) is 0 Å². The third-order valence-corrected chi connectivity index (χ3v) is 8.16. The Morgan fingerprint density at radius 1 is 0.564 bits per heavy atom. The molecule has 0 saturated heterocycles. The largest absolute Gasteiger partial charge is 1.00 e. The summed E-state index contributed by atoms with van der Waals surface area (Å²) in [6, 6.07) is 0. The zero-order valence-electron chi connectivity index (χ0n) is 26.6.